The van der Waals surface area contributed by atoms with Crippen LogP contribution in [0.25, 0.3) is 0 Å². The highest BCUT2D eigenvalue weighted by Gasteiger charge is 2.36. The van der Waals surface area contributed by atoms with Crippen LogP contribution in [0.4, 0.5) is 17.6 Å². The number of ether oxygens (including phenoxy) is 3. The van der Waals surface area contributed by atoms with Crippen LogP contribution in [0.5, 0.6) is 5.75 Å². The van der Waals surface area contributed by atoms with Crippen molar-refractivity contribution in [1.82, 2.24) is 0 Å². The fourth-order valence-electron chi connectivity index (χ4n) is 3.48. The molecule has 0 radical (unpaired) electrons. The van der Waals surface area contributed by atoms with Gasteiger partial charge in [-0.1, -0.05) is 31.4 Å². The first-order valence-corrected chi connectivity index (χ1v) is 9.28. The lowest BCUT2D eigenvalue weighted by Crippen LogP contribution is -2.35. The highest BCUT2D eigenvalue weighted by Crippen LogP contribution is 2.38. The molecule has 150 valence electrons. The molecule has 7 heteroatoms. The number of halogens is 4. The number of rotatable bonds is 5. The molecule has 28 heavy (non-hydrogen) atoms. The molecule has 0 atom stereocenters. The molecule has 0 aromatic heterocycles. The summed E-state index contributed by atoms with van der Waals surface area (Å²) in [5, 5.41) is 0. The molecule has 1 aliphatic heterocycles. The van der Waals surface area contributed by atoms with Crippen molar-refractivity contribution in [2.45, 2.75) is 31.7 Å². The van der Waals surface area contributed by atoms with Gasteiger partial charge in [0.25, 0.3) is 0 Å². The smallest absolute Gasteiger partial charge is 0.426 e. The molecule has 3 nitrogen and oxygen atoms in total. The maximum atomic E-state index is 14.3. The van der Waals surface area contributed by atoms with Crippen LogP contribution in [0, 0.1) is 23.5 Å². The van der Waals surface area contributed by atoms with Crippen molar-refractivity contribution < 1.29 is 31.8 Å². The van der Waals surface area contributed by atoms with Crippen molar-refractivity contribution in [3.63, 3.8) is 0 Å². The first kappa shape index (κ1) is 19.2. The predicted molar refractivity (Wildman–Crippen MR) is 92.8 cm³/mol. The molecule has 1 aliphatic carbocycles. The molecule has 1 saturated carbocycles. The van der Waals surface area contributed by atoms with E-state index in [1.807, 2.05) is 0 Å². The Hall–Kier alpha value is -2.12. The van der Waals surface area contributed by atoms with Crippen molar-refractivity contribution in [3.05, 3.63) is 65.2 Å². The van der Waals surface area contributed by atoms with E-state index in [-0.39, 0.29) is 0 Å². The highest BCUT2D eigenvalue weighted by atomic mass is 19.3. The van der Waals surface area contributed by atoms with Crippen molar-refractivity contribution in [1.29, 1.82) is 0 Å². The first-order chi connectivity index (χ1) is 13.4. The third kappa shape index (κ3) is 4.00. The Kier molecular flexibility index (Phi) is 5.29. The largest absolute Gasteiger partial charge is 0.429 e. The molecule has 2 aromatic rings. The lowest BCUT2D eigenvalue weighted by atomic mass is 9.76. The third-order valence-corrected chi connectivity index (χ3v) is 5.40. The second-order valence-corrected chi connectivity index (χ2v) is 7.27. The van der Waals surface area contributed by atoms with Gasteiger partial charge in [-0.05, 0) is 30.2 Å². The molecule has 0 spiro atoms. The molecule has 0 amide bonds. The Morgan fingerprint density at radius 1 is 0.857 bits per heavy atom. The van der Waals surface area contributed by atoms with Gasteiger partial charge in [-0.15, -0.1) is 0 Å². The van der Waals surface area contributed by atoms with Crippen LogP contribution < -0.4 is 4.74 Å². The Bertz CT molecular complexity index is 813. The summed E-state index contributed by atoms with van der Waals surface area (Å²) in [4.78, 5) is 0. The summed E-state index contributed by atoms with van der Waals surface area (Å²) in [5.41, 5.74) is 0.226. The summed E-state index contributed by atoms with van der Waals surface area (Å²) in [6.07, 6.45) is -0.599. The van der Waals surface area contributed by atoms with Crippen LogP contribution in [0.2, 0.25) is 0 Å². The second kappa shape index (κ2) is 7.72. The fraction of sp³-hybridized carbons (Fsp3) is 0.429. The summed E-state index contributed by atoms with van der Waals surface area (Å²) >= 11 is 0. The van der Waals surface area contributed by atoms with Crippen LogP contribution in [-0.2, 0) is 15.6 Å². The van der Waals surface area contributed by atoms with Gasteiger partial charge >= 0.3 is 6.11 Å². The maximum absolute atomic E-state index is 14.3. The molecule has 0 unspecified atom stereocenters. The van der Waals surface area contributed by atoms with Crippen LogP contribution in [0.15, 0.2) is 42.5 Å². The van der Waals surface area contributed by atoms with Gasteiger partial charge in [0, 0.05) is 17.5 Å². The lowest BCUT2D eigenvalue weighted by molar-refractivity contribution is -0.217. The average molecular weight is 396 g/mol. The number of hydrogen-bond donors (Lipinski definition) is 0. The van der Waals surface area contributed by atoms with Gasteiger partial charge in [0.2, 0.25) is 0 Å². The monoisotopic (exact) mass is 396 g/mol. The average Bonchev–Trinajstić information content (AvgIpc) is 2.64. The van der Waals surface area contributed by atoms with Crippen molar-refractivity contribution in [2.75, 3.05) is 13.2 Å². The second-order valence-electron chi connectivity index (χ2n) is 7.27. The number of benzene rings is 2. The summed E-state index contributed by atoms with van der Waals surface area (Å²) < 4.78 is 70.9. The number of hydrogen-bond acceptors (Lipinski definition) is 3. The van der Waals surface area contributed by atoms with Crippen LogP contribution in [-0.4, -0.2) is 13.2 Å². The molecular weight excluding hydrogens is 376 g/mol. The topological polar surface area (TPSA) is 27.7 Å². The summed E-state index contributed by atoms with van der Waals surface area (Å²) in [6, 6.07) is 7.67. The first-order valence-electron chi connectivity index (χ1n) is 9.28. The SMILES string of the molecule is Fc1ccc(OC(F)(F)c2ccc(C3OCC(C4CCC4)CO3)cc2)cc1F. The summed E-state index contributed by atoms with van der Waals surface area (Å²) in [7, 11) is 0. The van der Waals surface area contributed by atoms with Gasteiger partial charge in [0.05, 0.1) is 18.8 Å². The minimum atomic E-state index is -3.70. The van der Waals surface area contributed by atoms with Crippen LogP contribution >= 0.6 is 0 Å². The summed E-state index contributed by atoms with van der Waals surface area (Å²) in [5.74, 6) is -1.79. The van der Waals surface area contributed by atoms with Gasteiger partial charge in [-0.25, -0.2) is 8.78 Å². The fourth-order valence-corrected chi connectivity index (χ4v) is 3.48. The molecular formula is C21H20F4O3. The van der Waals surface area contributed by atoms with E-state index in [1.165, 1.54) is 43.5 Å². The zero-order valence-corrected chi connectivity index (χ0v) is 15.0. The minimum Gasteiger partial charge on any atom is -0.429 e. The Labute approximate surface area is 160 Å². The van der Waals surface area contributed by atoms with E-state index < -0.39 is 35.3 Å². The molecule has 4 rings (SSSR count). The van der Waals surface area contributed by atoms with E-state index >= 15 is 0 Å². The standard InChI is InChI=1S/C21H20F4O3/c22-18-9-8-17(10-19(18)23)28-21(24,25)16-6-4-14(5-7-16)20-26-11-15(12-27-20)13-2-1-3-13/h4-10,13,15,20H,1-3,11-12H2. The normalized spacial score (nSPS) is 23.3. The summed E-state index contributed by atoms with van der Waals surface area (Å²) in [6.45, 7) is 1.21. The van der Waals surface area contributed by atoms with Crippen LogP contribution in [0.1, 0.15) is 36.7 Å². The molecule has 2 aromatic carbocycles. The zero-order valence-electron chi connectivity index (χ0n) is 15.0. The Morgan fingerprint density at radius 3 is 2.11 bits per heavy atom. The van der Waals surface area contributed by atoms with E-state index in [2.05, 4.69) is 4.74 Å². The third-order valence-electron chi connectivity index (χ3n) is 5.40. The molecule has 2 fully saturated rings. The van der Waals surface area contributed by atoms with Gasteiger partial charge < -0.3 is 14.2 Å². The van der Waals surface area contributed by atoms with Crippen LogP contribution in [0.3, 0.4) is 0 Å². The minimum absolute atomic E-state index is 0.401. The van der Waals surface area contributed by atoms with Crippen molar-refractivity contribution in [3.8, 4) is 5.75 Å². The van der Waals surface area contributed by atoms with Gasteiger partial charge in [0.1, 0.15) is 5.75 Å². The van der Waals surface area contributed by atoms with Gasteiger partial charge in [0.15, 0.2) is 17.9 Å². The number of alkyl halides is 2. The predicted octanol–water partition coefficient (Wildman–Crippen LogP) is 5.55. The lowest BCUT2D eigenvalue weighted by Gasteiger charge is -2.38. The van der Waals surface area contributed by atoms with E-state index in [4.69, 9.17) is 9.47 Å². The van der Waals surface area contributed by atoms with E-state index in [1.54, 1.807) is 0 Å². The molecule has 2 aliphatic rings. The molecule has 0 N–H and O–H groups in total. The Balaban J connectivity index is 1.39. The molecule has 0 bridgehead atoms. The quantitative estimate of drug-likeness (QED) is 0.620. The highest BCUT2D eigenvalue weighted by molar-refractivity contribution is 5.29. The van der Waals surface area contributed by atoms with Crippen molar-refractivity contribution >= 4 is 0 Å². The molecule has 1 heterocycles. The van der Waals surface area contributed by atoms with E-state index in [0.29, 0.717) is 36.7 Å². The van der Waals surface area contributed by atoms with Crippen molar-refractivity contribution in [2.24, 2.45) is 11.8 Å². The van der Waals surface area contributed by atoms with Gasteiger partial charge in [-0.3, -0.25) is 0 Å². The Morgan fingerprint density at radius 2 is 1.54 bits per heavy atom. The van der Waals surface area contributed by atoms with E-state index in [0.717, 1.165) is 12.1 Å². The molecule has 1 saturated heterocycles. The maximum Gasteiger partial charge on any atom is 0.426 e. The van der Waals surface area contributed by atoms with E-state index in [9.17, 15) is 17.6 Å². The zero-order chi connectivity index (χ0) is 19.7. The van der Waals surface area contributed by atoms with Gasteiger partial charge in [-0.2, -0.15) is 8.78 Å².